The molecule has 28 heavy (non-hydrogen) atoms. The summed E-state index contributed by atoms with van der Waals surface area (Å²) in [5.41, 5.74) is 2.25. The van der Waals surface area contributed by atoms with Crippen molar-refractivity contribution in [3.8, 4) is 17.4 Å². The molecule has 4 rings (SSSR count). The first kappa shape index (κ1) is 18.4. The number of methoxy groups -OCH3 is 2. The Hall–Kier alpha value is -2.98. The largest absolute Gasteiger partial charge is 0.481 e. The van der Waals surface area contributed by atoms with E-state index >= 15 is 0 Å². The molecule has 0 atom stereocenters. The lowest BCUT2D eigenvalue weighted by molar-refractivity contribution is 0.367. The van der Waals surface area contributed by atoms with Gasteiger partial charge in [0.1, 0.15) is 5.69 Å². The minimum atomic E-state index is 0.376. The van der Waals surface area contributed by atoms with Crippen LogP contribution in [0.15, 0.2) is 35.6 Å². The van der Waals surface area contributed by atoms with Gasteiger partial charge in [-0.3, -0.25) is 4.72 Å². The number of rotatable bonds is 6. The van der Waals surface area contributed by atoms with Crippen molar-refractivity contribution in [2.75, 3.05) is 18.9 Å². The van der Waals surface area contributed by atoms with Gasteiger partial charge in [-0.25, -0.2) is 0 Å². The standard InChI is InChI=1S/C17H16ClN7O2S/c1-9-15(26-2)22-17(23-16(9)27-3)24-28-12-8-19-13-10(12)4-5-11(18)14(13)25-20-6-7-21-25/h4-8,19H,1-3H3,(H,22,23,24). The summed E-state index contributed by atoms with van der Waals surface area (Å²) in [6.07, 6.45) is 5.07. The van der Waals surface area contributed by atoms with Crippen LogP contribution < -0.4 is 14.2 Å². The fourth-order valence-electron chi connectivity index (χ4n) is 2.76. The Morgan fingerprint density at radius 2 is 1.79 bits per heavy atom. The summed E-state index contributed by atoms with van der Waals surface area (Å²) in [7, 11) is 3.11. The number of ether oxygens (including phenoxy) is 2. The topological polar surface area (TPSA) is 103 Å². The summed E-state index contributed by atoms with van der Waals surface area (Å²) in [6, 6.07) is 3.75. The van der Waals surface area contributed by atoms with Crippen LogP contribution in [0.3, 0.4) is 0 Å². The quantitative estimate of drug-likeness (QED) is 0.458. The zero-order valence-electron chi connectivity index (χ0n) is 15.2. The van der Waals surface area contributed by atoms with Crippen molar-refractivity contribution in [1.29, 1.82) is 0 Å². The minimum absolute atomic E-state index is 0.376. The number of benzene rings is 1. The maximum Gasteiger partial charge on any atom is 0.239 e. The number of hydrogen-bond donors (Lipinski definition) is 2. The summed E-state index contributed by atoms with van der Waals surface area (Å²) < 4.78 is 13.7. The molecular formula is C17H16ClN7O2S. The van der Waals surface area contributed by atoms with Gasteiger partial charge in [0.25, 0.3) is 0 Å². The second-order valence-corrected chi connectivity index (χ2v) is 6.94. The molecule has 2 N–H and O–H groups in total. The molecule has 0 amide bonds. The van der Waals surface area contributed by atoms with Gasteiger partial charge in [-0.2, -0.15) is 20.2 Å². The fourth-order valence-corrected chi connectivity index (χ4v) is 3.69. The van der Waals surface area contributed by atoms with E-state index < -0.39 is 0 Å². The van der Waals surface area contributed by atoms with E-state index in [1.165, 1.54) is 16.7 Å². The Balaban J connectivity index is 1.66. The third-order valence-electron chi connectivity index (χ3n) is 4.06. The Labute approximate surface area is 169 Å². The number of hydrogen-bond acceptors (Lipinski definition) is 8. The first-order valence-corrected chi connectivity index (χ1v) is 9.37. The number of fused-ring (bicyclic) bond motifs is 1. The maximum atomic E-state index is 6.37. The molecule has 0 saturated carbocycles. The van der Waals surface area contributed by atoms with Crippen LogP contribution in [-0.4, -0.2) is 44.2 Å². The molecule has 9 nitrogen and oxygen atoms in total. The number of nitrogens with zero attached hydrogens (tertiary/aromatic N) is 5. The lowest BCUT2D eigenvalue weighted by Crippen LogP contribution is -2.02. The Kier molecular flexibility index (Phi) is 4.97. The Bertz CT molecular complexity index is 1110. The summed E-state index contributed by atoms with van der Waals surface area (Å²) in [6.45, 7) is 1.84. The molecule has 0 fully saturated rings. The molecule has 4 aromatic rings. The van der Waals surface area contributed by atoms with Crippen LogP contribution in [0.4, 0.5) is 5.95 Å². The average Bonchev–Trinajstić information content (AvgIpc) is 3.37. The predicted octanol–water partition coefficient (Wildman–Crippen LogP) is 3.64. The normalized spacial score (nSPS) is 11.0. The molecule has 0 radical (unpaired) electrons. The summed E-state index contributed by atoms with van der Waals surface area (Å²) in [5.74, 6) is 1.28. The highest BCUT2D eigenvalue weighted by atomic mass is 35.5. The monoisotopic (exact) mass is 417 g/mol. The van der Waals surface area contributed by atoms with E-state index in [-0.39, 0.29) is 0 Å². The molecule has 144 valence electrons. The van der Waals surface area contributed by atoms with Gasteiger partial charge < -0.3 is 14.5 Å². The van der Waals surface area contributed by atoms with Gasteiger partial charge >= 0.3 is 0 Å². The first-order valence-electron chi connectivity index (χ1n) is 8.18. The fraction of sp³-hybridized carbons (Fsp3) is 0.176. The molecule has 0 aliphatic carbocycles. The number of nitrogens with one attached hydrogen (secondary N) is 2. The van der Waals surface area contributed by atoms with Gasteiger partial charge in [-0.05, 0) is 31.0 Å². The van der Waals surface area contributed by atoms with Crippen LogP contribution in [-0.2, 0) is 0 Å². The highest BCUT2D eigenvalue weighted by Gasteiger charge is 2.16. The third-order valence-corrected chi connectivity index (χ3v) is 5.20. The van der Waals surface area contributed by atoms with Gasteiger partial charge in [0.2, 0.25) is 17.7 Å². The lowest BCUT2D eigenvalue weighted by Gasteiger charge is -2.10. The average molecular weight is 418 g/mol. The molecule has 0 bridgehead atoms. The van der Waals surface area contributed by atoms with Crippen molar-refractivity contribution in [3.05, 3.63) is 41.3 Å². The number of aromatic nitrogens is 6. The van der Waals surface area contributed by atoms with E-state index in [9.17, 15) is 0 Å². The molecule has 0 aliphatic rings. The van der Waals surface area contributed by atoms with Crippen molar-refractivity contribution < 1.29 is 9.47 Å². The maximum absolute atomic E-state index is 6.37. The van der Waals surface area contributed by atoms with E-state index in [4.69, 9.17) is 21.1 Å². The molecule has 3 aromatic heterocycles. The van der Waals surface area contributed by atoms with E-state index in [2.05, 4.69) is 29.9 Å². The lowest BCUT2D eigenvalue weighted by atomic mass is 10.2. The minimum Gasteiger partial charge on any atom is -0.481 e. The summed E-state index contributed by atoms with van der Waals surface area (Å²) in [5, 5.41) is 9.86. The zero-order chi connectivity index (χ0) is 19.7. The van der Waals surface area contributed by atoms with Crippen LogP contribution in [0.5, 0.6) is 11.8 Å². The molecule has 0 aliphatic heterocycles. The number of halogens is 1. The summed E-state index contributed by atoms with van der Waals surface area (Å²) in [4.78, 5) is 14.4. The van der Waals surface area contributed by atoms with Crippen molar-refractivity contribution in [1.82, 2.24) is 29.9 Å². The molecule has 0 saturated heterocycles. The first-order chi connectivity index (χ1) is 13.6. The number of anilines is 1. The van der Waals surface area contributed by atoms with Gasteiger partial charge in [0.05, 0.1) is 47.6 Å². The number of aromatic amines is 1. The van der Waals surface area contributed by atoms with Crippen LogP contribution in [0.2, 0.25) is 5.02 Å². The molecule has 0 spiro atoms. The Morgan fingerprint density at radius 3 is 2.43 bits per heavy atom. The van der Waals surface area contributed by atoms with E-state index in [0.717, 1.165) is 21.4 Å². The van der Waals surface area contributed by atoms with Crippen molar-refractivity contribution in [3.63, 3.8) is 0 Å². The van der Waals surface area contributed by atoms with Crippen molar-refractivity contribution in [2.24, 2.45) is 0 Å². The van der Waals surface area contributed by atoms with Gasteiger partial charge in [-0.15, -0.1) is 4.80 Å². The van der Waals surface area contributed by atoms with E-state index in [0.29, 0.717) is 28.4 Å². The molecular weight excluding hydrogens is 402 g/mol. The molecule has 3 heterocycles. The molecule has 11 heteroatoms. The zero-order valence-corrected chi connectivity index (χ0v) is 16.8. The highest BCUT2D eigenvalue weighted by Crippen LogP contribution is 2.35. The van der Waals surface area contributed by atoms with Gasteiger partial charge in [0.15, 0.2) is 0 Å². The van der Waals surface area contributed by atoms with E-state index in [1.807, 2.05) is 25.3 Å². The van der Waals surface area contributed by atoms with Crippen LogP contribution in [0.1, 0.15) is 5.56 Å². The van der Waals surface area contributed by atoms with Gasteiger partial charge in [-0.1, -0.05) is 11.6 Å². The SMILES string of the molecule is COc1nc(NSc2c[nH]c3c(-n4nccn4)c(Cl)ccc23)nc(OC)c1C. The number of H-pyrrole nitrogens is 1. The highest BCUT2D eigenvalue weighted by molar-refractivity contribution is 8.00. The molecule has 0 unspecified atom stereocenters. The smallest absolute Gasteiger partial charge is 0.239 e. The van der Waals surface area contributed by atoms with Crippen LogP contribution >= 0.6 is 23.5 Å². The molecule has 1 aromatic carbocycles. The second-order valence-electron chi connectivity index (χ2n) is 5.68. The Morgan fingerprint density at radius 1 is 1.11 bits per heavy atom. The second kappa shape index (κ2) is 7.56. The van der Waals surface area contributed by atoms with Crippen LogP contribution in [0, 0.1) is 6.92 Å². The van der Waals surface area contributed by atoms with Crippen LogP contribution in [0.25, 0.3) is 16.6 Å². The third kappa shape index (κ3) is 3.20. The van der Waals surface area contributed by atoms with E-state index in [1.54, 1.807) is 26.6 Å². The van der Waals surface area contributed by atoms with Gasteiger partial charge in [0, 0.05) is 11.6 Å². The predicted molar refractivity (Wildman–Crippen MR) is 108 cm³/mol. The van der Waals surface area contributed by atoms with Crippen molar-refractivity contribution >= 4 is 40.4 Å². The van der Waals surface area contributed by atoms with Crippen molar-refractivity contribution in [2.45, 2.75) is 11.8 Å². The summed E-state index contributed by atoms with van der Waals surface area (Å²) >= 11 is 7.72.